The summed E-state index contributed by atoms with van der Waals surface area (Å²) in [6, 6.07) is 6.57. The third-order valence-electron chi connectivity index (χ3n) is 2.83. The van der Waals surface area contributed by atoms with Crippen LogP contribution in [0.3, 0.4) is 0 Å². The maximum atomic E-state index is 5.59. The Kier molecular flexibility index (Phi) is 1.74. The average Bonchev–Trinajstić information content (AvgIpc) is 2.66. The molecule has 0 spiro atoms. The molecule has 70 valence electrons. The molecule has 2 rings (SSSR count). The summed E-state index contributed by atoms with van der Waals surface area (Å²) in [5.41, 5.74) is 4.07. The molecule has 1 heteroatoms. The second kappa shape index (κ2) is 2.58. The van der Waals surface area contributed by atoms with Crippen molar-refractivity contribution in [3.63, 3.8) is 0 Å². The highest BCUT2D eigenvalue weighted by molar-refractivity contribution is 5.34. The normalized spacial score (nSPS) is 24.5. The van der Waals surface area contributed by atoms with Gasteiger partial charge in [0.15, 0.2) is 0 Å². The highest BCUT2D eigenvalue weighted by Crippen LogP contribution is 2.48. The first-order valence-electron chi connectivity index (χ1n) is 4.76. The molecule has 0 radical (unpaired) electrons. The maximum Gasteiger partial charge on any atom is 0.112 e. The van der Waals surface area contributed by atoms with Gasteiger partial charge in [0.05, 0.1) is 5.60 Å². The van der Waals surface area contributed by atoms with Crippen molar-refractivity contribution >= 4 is 0 Å². The first-order valence-corrected chi connectivity index (χ1v) is 4.76. The van der Waals surface area contributed by atoms with E-state index in [4.69, 9.17) is 4.74 Å². The fourth-order valence-electron chi connectivity index (χ4n) is 1.67. The molecule has 0 aromatic heterocycles. The molecule has 1 atom stereocenters. The zero-order valence-corrected chi connectivity index (χ0v) is 8.72. The van der Waals surface area contributed by atoms with E-state index in [2.05, 4.69) is 45.9 Å². The van der Waals surface area contributed by atoms with E-state index < -0.39 is 0 Å². The molecule has 1 saturated heterocycles. The first kappa shape index (κ1) is 8.76. The quantitative estimate of drug-likeness (QED) is 0.599. The molecular formula is C12H16O. The number of aryl methyl sites for hydroxylation is 2. The molecule has 0 aliphatic carbocycles. The summed E-state index contributed by atoms with van der Waals surface area (Å²) >= 11 is 0. The molecule has 0 saturated carbocycles. The molecule has 0 amide bonds. The van der Waals surface area contributed by atoms with Gasteiger partial charge < -0.3 is 4.74 Å². The Labute approximate surface area is 79.7 Å². The van der Waals surface area contributed by atoms with E-state index in [1.54, 1.807) is 0 Å². The summed E-state index contributed by atoms with van der Waals surface area (Å²) in [5.74, 6) is 0. The van der Waals surface area contributed by atoms with E-state index in [0.717, 1.165) is 0 Å². The van der Waals surface area contributed by atoms with E-state index in [-0.39, 0.29) is 5.60 Å². The van der Waals surface area contributed by atoms with Crippen LogP contribution < -0.4 is 0 Å². The number of hydrogen-bond acceptors (Lipinski definition) is 1. The lowest BCUT2D eigenvalue weighted by Gasteiger charge is -2.03. The van der Waals surface area contributed by atoms with E-state index in [9.17, 15) is 0 Å². The molecule has 1 nitrogen and oxygen atoms in total. The van der Waals surface area contributed by atoms with Gasteiger partial charge in [-0.3, -0.25) is 0 Å². The Balaban J connectivity index is 2.29. The smallest absolute Gasteiger partial charge is 0.112 e. The standard InChI is InChI=1S/C12H16O/c1-8-5-6-10(7-9(8)2)11-12(3,4)13-11/h5-7,11H,1-4H3. The number of rotatable bonds is 1. The Morgan fingerprint density at radius 2 is 1.77 bits per heavy atom. The van der Waals surface area contributed by atoms with Crippen LogP contribution in [-0.4, -0.2) is 5.60 Å². The topological polar surface area (TPSA) is 12.5 Å². The number of benzene rings is 1. The molecule has 1 aromatic rings. The van der Waals surface area contributed by atoms with Crippen LogP contribution in [0.5, 0.6) is 0 Å². The Bertz CT molecular complexity index is 339. The minimum absolute atomic E-state index is 0.0572. The van der Waals surface area contributed by atoms with Gasteiger partial charge in [-0.25, -0.2) is 0 Å². The van der Waals surface area contributed by atoms with Gasteiger partial charge in [0.25, 0.3) is 0 Å². The number of epoxide rings is 1. The van der Waals surface area contributed by atoms with Gasteiger partial charge in [-0.2, -0.15) is 0 Å². The third-order valence-corrected chi connectivity index (χ3v) is 2.83. The summed E-state index contributed by atoms with van der Waals surface area (Å²) in [4.78, 5) is 0. The minimum Gasteiger partial charge on any atom is -0.362 e. The summed E-state index contributed by atoms with van der Waals surface area (Å²) in [6.07, 6.45) is 0.312. The molecule has 13 heavy (non-hydrogen) atoms. The molecular weight excluding hydrogens is 160 g/mol. The van der Waals surface area contributed by atoms with Crippen molar-refractivity contribution in [2.24, 2.45) is 0 Å². The molecule has 1 aliphatic rings. The van der Waals surface area contributed by atoms with Crippen LogP contribution in [0, 0.1) is 13.8 Å². The molecule has 1 aromatic carbocycles. The fraction of sp³-hybridized carbons (Fsp3) is 0.500. The summed E-state index contributed by atoms with van der Waals surface area (Å²) < 4.78 is 5.59. The van der Waals surface area contributed by atoms with Crippen LogP contribution in [-0.2, 0) is 4.74 Å². The number of hydrogen-bond donors (Lipinski definition) is 0. The summed E-state index contributed by atoms with van der Waals surface area (Å²) in [6.45, 7) is 8.55. The van der Waals surface area contributed by atoms with Crippen molar-refractivity contribution in [2.75, 3.05) is 0 Å². The predicted molar refractivity (Wildman–Crippen MR) is 53.8 cm³/mol. The van der Waals surface area contributed by atoms with Gasteiger partial charge in [0.2, 0.25) is 0 Å². The van der Waals surface area contributed by atoms with E-state index in [0.29, 0.717) is 6.10 Å². The summed E-state index contributed by atoms with van der Waals surface area (Å²) in [5, 5.41) is 0. The maximum absolute atomic E-state index is 5.59. The van der Waals surface area contributed by atoms with Crippen LogP contribution in [0.2, 0.25) is 0 Å². The van der Waals surface area contributed by atoms with Crippen molar-refractivity contribution < 1.29 is 4.74 Å². The van der Waals surface area contributed by atoms with Gasteiger partial charge in [-0.1, -0.05) is 18.2 Å². The largest absolute Gasteiger partial charge is 0.362 e. The second-order valence-corrected chi connectivity index (χ2v) is 4.45. The zero-order valence-electron chi connectivity index (χ0n) is 8.72. The van der Waals surface area contributed by atoms with Gasteiger partial charge in [-0.05, 0) is 44.4 Å². The SMILES string of the molecule is Cc1ccc(C2OC2(C)C)cc1C. The van der Waals surface area contributed by atoms with E-state index in [1.165, 1.54) is 16.7 Å². The van der Waals surface area contributed by atoms with Crippen LogP contribution in [0.1, 0.15) is 36.6 Å². The van der Waals surface area contributed by atoms with E-state index in [1.807, 2.05) is 0 Å². The molecule has 1 aliphatic heterocycles. The lowest BCUT2D eigenvalue weighted by Crippen LogP contribution is -1.97. The Morgan fingerprint density at radius 3 is 2.23 bits per heavy atom. The van der Waals surface area contributed by atoms with Crippen molar-refractivity contribution in [3.05, 3.63) is 34.9 Å². The third kappa shape index (κ3) is 1.49. The van der Waals surface area contributed by atoms with Crippen molar-refractivity contribution in [1.82, 2.24) is 0 Å². The van der Waals surface area contributed by atoms with Gasteiger partial charge in [0.1, 0.15) is 6.10 Å². The fourth-order valence-corrected chi connectivity index (χ4v) is 1.67. The zero-order chi connectivity index (χ0) is 9.64. The minimum atomic E-state index is 0.0572. The Hall–Kier alpha value is -0.820. The monoisotopic (exact) mass is 176 g/mol. The van der Waals surface area contributed by atoms with Crippen LogP contribution in [0.4, 0.5) is 0 Å². The van der Waals surface area contributed by atoms with Gasteiger partial charge >= 0.3 is 0 Å². The summed E-state index contributed by atoms with van der Waals surface area (Å²) in [7, 11) is 0. The van der Waals surface area contributed by atoms with Crippen molar-refractivity contribution in [2.45, 2.75) is 39.4 Å². The second-order valence-electron chi connectivity index (χ2n) is 4.45. The molecule has 0 N–H and O–H groups in total. The predicted octanol–water partition coefficient (Wildman–Crippen LogP) is 3.15. The molecule has 1 heterocycles. The lowest BCUT2D eigenvalue weighted by molar-refractivity contribution is 0.325. The lowest BCUT2D eigenvalue weighted by atomic mass is 9.99. The first-order chi connectivity index (χ1) is 6.00. The van der Waals surface area contributed by atoms with E-state index >= 15 is 0 Å². The van der Waals surface area contributed by atoms with Crippen LogP contribution >= 0.6 is 0 Å². The highest BCUT2D eigenvalue weighted by atomic mass is 16.6. The van der Waals surface area contributed by atoms with Crippen LogP contribution in [0.15, 0.2) is 18.2 Å². The average molecular weight is 176 g/mol. The number of ether oxygens (including phenoxy) is 1. The molecule has 1 fully saturated rings. The highest BCUT2D eigenvalue weighted by Gasteiger charge is 2.48. The van der Waals surface area contributed by atoms with Crippen molar-refractivity contribution in [3.8, 4) is 0 Å². The van der Waals surface area contributed by atoms with Gasteiger partial charge in [-0.15, -0.1) is 0 Å². The van der Waals surface area contributed by atoms with Gasteiger partial charge in [0, 0.05) is 0 Å². The van der Waals surface area contributed by atoms with Crippen LogP contribution in [0.25, 0.3) is 0 Å². The van der Waals surface area contributed by atoms with Crippen molar-refractivity contribution in [1.29, 1.82) is 0 Å². The molecule has 1 unspecified atom stereocenters. The Morgan fingerprint density at radius 1 is 1.15 bits per heavy atom. The molecule has 0 bridgehead atoms.